The smallest absolute Gasteiger partial charge is 0.179 e. The summed E-state index contributed by atoms with van der Waals surface area (Å²) in [5.41, 5.74) is 8.84. The maximum Gasteiger partial charge on any atom is 0.179 e. The molecule has 0 saturated heterocycles. The van der Waals surface area contributed by atoms with Gasteiger partial charge in [-0.25, -0.2) is 0 Å². The molecule has 0 N–H and O–H groups in total. The van der Waals surface area contributed by atoms with Crippen molar-refractivity contribution in [3.05, 3.63) is 206 Å². The van der Waals surface area contributed by atoms with Gasteiger partial charge in [0.1, 0.15) is 0 Å². The summed E-state index contributed by atoms with van der Waals surface area (Å²) in [6.45, 7) is 0. The van der Waals surface area contributed by atoms with E-state index in [1.807, 2.05) is 0 Å². The van der Waals surface area contributed by atoms with E-state index < -0.39 is 8.07 Å². The fraction of sp³-hybridized carbons (Fsp3) is 0.111. The number of benzene rings is 8. The molecule has 0 radical (unpaired) electrons. The van der Waals surface area contributed by atoms with Crippen molar-refractivity contribution in [1.82, 2.24) is 9.13 Å². The van der Waals surface area contributed by atoms with E-state index >= 15 is 0 Å². The number of rotatable bonds is 7. The predicted octanol–water partition coefficient (Wildman–Crippen LogP) is 11.3. The maximum atomic E-state index is 2.52. The van der Waals surface area contributed by atoms with Gasteiger partial charge in [0.15, 0.2) is 8.07 Å². The Morgan fingerprint density at radius 2 is 0.877 bits per heavy atom. The molecule has 0 aliphatic heterocycles. The Kier molecular flexibility index (Phi) is 8.29. The first kappa shape index (κ1) is 33.9. The van der Waals surface area contributed by atoms with Gasteiger partial charge in [-0.3, -0.25) is 0 Å². The molecule has 57 heavy (non-hydrogen) atoms. The van der Waals surface area contributed by atoms with Crippen LogP contribution in [0.2, 0.25) is 0 Å². The number of hydrogen-bond donors (Lipinski definition) is 0. The molecule has 1 saturated carbocycles. The minimum Gasteiger partial charge on any atom is -0.309 e. The van der Waals surface area contributed by atoms with Crippen LogP contribution in [0.3, 0.4) is 0 Å². The zero-order chi connectivity index (χ0) is 37.8. The van der Waals surface area contributed by atoms with Crippen LogP contribution in [0.1, 0.15) is 43.6 Å². The number of hydrogen-bond acceptors (Lipinski definition) is 0. The maximum absolute atomic E-state index is 2.64. The Hall–Kier alpha value is -6.42. The van der Waals surface area contributed by atoms with E-state index in [0.29, 0.717) is 5.92 Å². The topological polar surface area (TPSA) is 9.86 Å². The molecular formula is C54H44N2Si. The van der Waals surface area contributed by atoms with Crippen LogP contribution in [0.5, 0.6) is 0 Å². The van der Waals surface area contributed by atoms with E-state index in [4.69, 9.17) is 0 Å². The van der Waals surface area contributed by atoms with Gasteiger partial charge in [0, 0.05) is 27.2 Å². The summed E-state index contributed by atoms with van der Waals surface area (Å²) in [5.74, 6) is 0.666. The van der Waals surface area contributed by atoms with E-state index in [-0.39, 0.29) is 0 Å². The third kappa shape index (κ3) is 5.37. The molecule has 1 aliphatic rings. The molecule has 2 heterocycles. The van der Waals surface area contributed by atoms with Gasteiger partial charge in [0.25, 0.3) is 0 Å². The Balaban J connectivity index is 1.12. The normalized spacial score (nSPS) is 13.9. The summed E-state index contributed by atoms with van der Waals surface area (Å²) < 4.78 is 5.00. The molecule has 274 valence electrons. The van der Waals surface area contributed by atoms with Crippen LogP contribution >= 0.6 is 0 Å². The van der Waals surface area contributed by atoms with Crippen molar-refractivity contribution >= 4 is 72.4 Å². The van der Waals surface area contributed by atoms with Crippen molar-refractivity contribution in [2.24, 2.45) is 0 Å². The molecule has 0 spiro atoms. The highest BCUT2D eigenvalue weighted by Gasteiger charge is 2.41. The van der Waals surface area contributed by atoms with Crippen molar-refractivity contribution in [1.29, 1.82) is 0 Å². The lowest BCUT2D eigenvalue weighted by Crippen LogP contribution is -2.74. The van der Waals surface area contributed by atoms with E-state index in [1.165, 1.54) is 113 Å². The van der Waals surface area contributed by atoms with E-state index in [2.05, 4.69) is 209 Å². The molecule has 0 unspecified atom stereocenters. The van der Waals surface area contributed by atoms with Gasteiger partial charge in [0.05, 0.1) is 27.8 Å². The monoisotopic (exact) mass is 748 g/mol. The molecule has 2 nitrogen and oxygen atoms in total. The first-order valence-corrected chi connectivity index (χ1v) is 22.6. The second-order valence-electron chi connectivity index (χ2n) is 15.9. The SMILES string of the molecule is c1ccc([Si](c2ccccc2)(c2ccccc2)c2ccc(-n3c4ccccc4c4c(-n5c6ccccc6c6cc(C7CCCCC7)ccc65)cccc43)cc2)cc1. The standard InChI is InChI=1S/C54H44N2Si/c1-5-18-39(19-6-1)40-32-37-51-48(38-40)46-26-13-15-28-49(46)56(51)53-31-17-30-52-54(53)47-27-14-16-29-50(47)55(52)41-33-35-45(36-34-41)57(42-20-7-2-8-21-42,43-22-9-3-10-23-43)44-24-11-4-12-25-44/h2-4,7-17,20-39H,1,5-6,18-19H2. The van der Waals surface area contributed by atoms with Crippen molar-refractivity contribution in [3.8, 4) is 11.4 Å². The van der Waals surface area contributed by atoms with E-state index in [9.17, 15) is 0 Å². The Bertz CT molecular complexity index is 2930. The van der Waals surface area contributed by atoms with E-state index in [1.54, 1.807) is 0 Å². The van der Waals surface area contributed by atoms with Gasteiger partial charge in [-0.15, -0.1) is 0 Å². The third-order valence-corrected chi connectivity index (χ3v) is 17.7. The van der Waals surface area contributed by atoms with Crippen molar-refractivity contribution in [2.75, 3.05) is 0 Å². The highest BCUT2D eigenvalue weighted by Crippen LogP contribution is 2.41. The number of nitrogens with zero attached hydrogens (tertiary/aromatic N) is 2. The summed E-state index contributed by atoms with van der Waals surface area (Å²) in [6.07, 6.45) is 6.66. The molecule has 3 heteroatoms. The Labute approximate surface area is 335 Å². The number of aromatic nitrogens is 2. The lowest BCUT2D eigenvalue weighted by molar-refractivity contribution is 0.444. The molecule has 2 aromatic heterocycles. The van der Waals surface area contributed by atoms with Crippen LogP contribution in [-0.2, 0) is 0 Å². The van der Waals surface area contributed by atoms with Crippen LogP contribution in [0.4, 0.5) is 0 Å². The largest absolute Gasteiger partial charge is 0.309 e. The fourth-order valence-electron chi connectivity index (χ4n) is 10.3. The summed E-state index contributed by atoms with van der Waals surface area (Å²) in [4.78, 5) is 0. The molecule has 0 amide bonds. The van der Waals surface area contributed by atoms with Crippen LogP contribution in [0, 0.1) is 0 Å². The molecule has 1 aliphatic carbocycles. The van der Waals surface area contributed by atoms with Crippen molar-refractivity contribution < 1.29 is 0 Å². The Morgan fingerprint density at radius 3 is 1.51 bits per heavy atom. The molecule has 0 bridgehead atoms. The zero-order valence-electron chi connectivity index (χ0n) is 32.1. The second-order valence-corrected chi connectivity index (χ2v) is 19.7. The van der Waals surface area contributed by atoms with Gasteiger partial charge in [-0.1, -0.05) is 171 Å². The van der Waals surface area contributed by atoms with Crippen molar-refractivity contribution in [2.45, 2.75) is 38.0 Å². The lowest BCUT2D eigenvalue weighted by atomic mass is 9.84. The van der Waals surface area contributed by atoms with Gasteiger partial charge >= 0.3 is 0 Å². The molecular weight excluding hydrogens is 705 g/mol. The fourth-order valence-corrected chi connectivity index (χ4v) is 15.1. The van der Waals surface area contributed by atoms with Crippen LogP contribution < -0.4 is 20.7 Å². The Morgan fingerprint density at radius 1 is 0.368 bits per heavy atom. The summed E-state index contributed by atoms with van der Waals surface area (Å²) in [7, 11) is -2.64. The average molecular weight is 749 g/mol. The minimum absolute atomic E-state index is 0.666. The predicted molar refractivity (Wildman–Crippen MR) is 245 cm³/mol. The summed E-state index contributed by atoms with van der Waals surface area (Å²) in [6, 6.07) is 75.3. The first-order chi connectivity index (χ1) is 28.3. The van der Waals surface area contributed by atoms with Gasteiger partial charge in [-0.05, 0) is 93.6 Å². The summed E-state index contributed by atoms with van der Waals surface area (Å²) >= 11 is 0. The molecule has 10 aromatic rings. The van der Waals surface area contributed by atoms with Crippen molar-refractivity contribution in [3.63, 3.8) is 0 Å². The molecule has 0 atom stereocenters. The van der Waals surface area contributed by atoms with Gasteiger partial charge < -0.3 is 9.13 Å². The third-order valence-electron chi connectivity index (χ3n) is 12.9. The van der Waals surface area contributed by atoms with Gasteiger partial charge in [-0.2, -0.15) is 0 Å². The van der Waals surface area contributed by atoms with Gasteiger partial charge in [0.2, 0.25) is 0 Å². The van der Waals surface area contributed by atoms with E-state index in [0.717, 1.165) is 0 Å². The molecule has 8 aromatic carbocycles. The minimum atomic E-state index is -2.64. The van der Waals surface area contributed by atoms with Crippen LogP contribution in [0.15, 0.2) is 200 Å². The highest BCUT2D eigenvalue weighted by molar-refractivity contribution is 7.19. The lowest BCUT2D eigenvalue weighted by Gasteiger charge is -2.34. The number of para-hydroxylation sites is 2. The molecule has 11 rings (SSSR count). The molecule has 1 fully saturated rings. The first-order valence-electron chi connectivity index (χ1n) is 20.6. The number of fused-ring (bicyclic) bond motifs is 6. The second kappa shape index (κ2) is 13.9. The quantitative estimate of drug-likeness (QED) is 0.113. The van der Waals surface area contributed by atoms with Crippen LogP contribution in [-0.4, -0.2) is 17.2 Å². The zero-order valence-corrected chi connectivity index (χ0v) is 33.1. The summed E-state index contributed by atoms with van der Waals surface area (Å²) in [5, 5.41) is 10.7. The average Bonchev–Trinajstić information content (AvgIpc) is 3.81. The van der Waals surface area contributed by atoms with Crippen LogP contribution in [0.25, 0.3) is 55.0 Å². The highest BCUT2D eigenvalue weighted by atomic mass is 28.3.